The zero-order chi connectivity index (χ0) is 13.0. The zero-order valence-corrected chi connectivity index (χ0v) is 12.7. The van der Waals surface area contributed by atoms with E-state index >= 15 is 0 Å². The van der Waals surface area contributed by atoms with Gasteiger partial charge in [0.25, 0.3) is 0 Å². The SMILES string of the molecule is COCCN(c1ccc(CBr)cn1)C(C)C1CC1. The lowest BCUT2D eigenvalue weighted by Gasteiger charge is -2.30. The predicted octanol–water partition coefficient (Wildman–Crippen LogP) is 3.23. The highest BCUT2D eigenvalue weighted by Crippen LogP contribution is 2.36. The third-order valence-electron chi connectivity index (χ3n) is 3.59. The standard InChI is InChI=1S/C14H21BrN2O/c1-11(13-4-5-13)17(7-8-18-2)14-6-3-12(9-15)10-16-14/h3,6,10-11,13H,4-5,7-9H2,1-2H3. The van der Waals surface area contributed by atoms with Gasteiger partial charge in [0.15, 0.2) is 0 Å². The second-order valence-electron chi connectivity index (χ2n) is 4.92. The lowest BCUT2D eigenvalue weighted by molar-refractivity contribution is 0.202. The molecule has 2 rings (SSSR count). The van der Waals surface area contributed by atoms with Gasteiger partial charge >= 0.3 is 0 Å². The molecule has 1 aromatic rings. The minimum atomic E-state index is 0.558. The lowest BCUT2D eigenvalue weighted by atomic mass is 10.1. The molecule has 0 spiro atoms. The van der Waals surface area contributed by atoms with Gasteiger partial charge in [0.2, 0.25) is 0 Å². The van der Waals surface area contributed by atoms with Crippen LogP contribution in [-0.2, 0) is 10.1 Å². The number of halogens is 1. The van der Waals surface area contributed by atoms with Crippen molar-refractivity contribution in [1.29, 1.82) is 0 Å². The van der Waals surface area contributed by atoms with E-state index in [9.17, 15) is 0 Å². The van der Waals surface area contributed by atoms with Gasteiger partial charge in [0, 0.05) is 31.2 Å². The largest absolute Gasteiger partial charge is 0.383 e. The van der Waals surface area contributed by atoms with E-state index in [1.165, 1.54) is 18.4 Å². The molecule has 1 fully saturated rings. The summed E-state index contributed by atoms with van der Waals surface area (Å²) >= 11 is 3.45. The Labute approximate surface area is 118 Å². The van der Waals surface area contributed by atoms with Crippen LogP contribution in [0.3, 0.4) is 0 Å². The van der Waals surface area contributed by atoms with Crippen molar-refractivity contribution in [3.63, 3.8) is 0 Å². The summed E-state index contributed by atoms with van der Waals surface area (Å²) in [4.78, 5) is 6.95. The molecule has 0 radical (unpaired) electrons. The molecule has 0 N–H and O–H groups in total. The minimum absolute atomic E-state index is 0.558. The zero-order valence-electron chi connectivity index (χ0n) is 11.1. The van der Waals surface area contributed by atoms with Gasteiger partial charge in [0.05, 0.1) is 6.61 Å². The first kappa shape index (κ1) is 13.8. The highest BCUT2D eigenvalue weighted by atomic mass is 79.9. The fourth-order valence-electron chi connectivity index (χ4n) is 2.22. The average molecular weight is 313 g/mol. The van der Waals surface area contributed by atoms with E-state index in [1.807, 2.05) is 6.20 Å². The summed E-state index contributed by atoms with van der Waals surface area (Å²) in [5, 5.41) is 0.858. The summed E-state index contributed by atoms with van der Waals surface area (Å²) in [7, 11) is 1.75. The van der Waals surface area contributed by atoms with Crippen molar-refractivity contribution in [1.82, 2.24) is 4.98 Å². The van der Waals surface area contributed by atoms with E-state index in [2.05, 4.69) is 44.9 Å². The van der Waals surface area contributed by atoms with Crippen LogP contribution in [-0.4, -0.2) is 31.3 Å². The lowest BCUT2D eigenvalue weighted by Crippen LogP contribution is -2.37. The average Bonchev–Trinajstić information content (AvgIpc) is 3.24. The van der Waals surface area contributed by atoms with Crippen molar-refractivity contribution in [2.24, 2.45) is 5.92 Å². The molecular weight excluding hydrogens is 292 g/mol. The fourth-order valence-corrected chi connectivity index (χ4v) is 2.55. The highest BCUT2D eigenvalue weighted by Gasteiger charge is 2.32. The quantitative estimate of drug-likeness (QED) is 0.723. The van der Waals surface area contributed by atoms with Crippen molar-refractivity contribution >= 4 is 21.7 Å². The number of aromatic nitrogens is 1. The Balaban J connectivity index is 2.09. The van der Waals surface area contributed by atoms with Gasteiger partial charge < -0.3 is 9.64 Å². The Bertz CT molecular complexity index is 365. The monoisotopic (exact) mass is 312 g/mol. The van der Waals surface area contributed by atoms with E-state index in [4.69, 9.17) is 4.74 Å². The molecule has 1 heterocycles. The minimum Gasteiger partial charge on any atom is -0.383 e. The summed E-state index contributed by atoms with van der Waals surface area (Å²) in [6, 6.07) is 4.81. The van der Waals surface area contributed by atoms with Gasteiger partial charge in [-0.25, -0.2) is 4.98 Å². The molecule has 0 bridgehead atoms. The molecule has 1 unspecified atom stereocenters. The molecule has 1 saturated carbocycles. The number of ether oxygens (including phenoxy) is 1. The van der Waals surface area contributed by atoms with Crippen LogP contribution in [0.1, 0.15) is 25.3 Å². The molecule has 100 valence electrons. The molecular formula is C14H21BrN2O. The number of methoxy groups -OCH3 is 1. The van der Waals surface area contributed by atoms with E-state index in [0.717, 1.165) is 30.2 Å². The number of rotatable bonds is 7. The van der Waals surface area contributed by atoms with Crippen LogP contribution in [0, 0.1) is 5.92 Å². The summed E-state index contributed by atoms with van der Waals surface area (Å²) in [6.07, 6.45) is 4.65. The van der Waals surface area contributed by atoms with Crippen LogP contribution in [0.15, 0.2) is 18.3 Å². The van der Waals surface area contributed by atoms with Gasteiger partial charge in [-0.1, -0.05) is 22.0 Å². The number of anilines is 1. The van der Waals surface area contributed by atoms with Crippen molar-refractivity contribution < 1.29 is 4.74 Å². The third-order valence-corrected chi connectivity index (χ3v) is 4.24. The number of hydrogen-bond acceptors (Lipinski definition) is 3. The van der Waals surface area contributed by atoms with Crippen molar-refractivity contribution in [3.05, 3.63) is 23.9 Å². The Hall–Kier alpha value is -0.610. The maximum atomic E-state index is 5.21. The van der Waals surface area contributed by atoms with Crippen molar-refractivity contribution in [3.8, 4) is 0 Å². The fraction of sp³-hybridized carbons (Fsp3) is 0.643. The molecule has 0 aliphatic heterocycles. The van der Waals surface area contributed by atoms with Gasteiger partial charge in [-0.05, 0) is 37.3 Å². The molecule has 3 nitrogen and oxygen atoms in total. The summed E-state index contributed by atoms with van der Waals surface area (Å²) in [6.45, 7) is 3.96. The van der Waals surface area contributed by atoms with E-state index in [0.29, 0.717) is 6.04 Å². The van der Waals surface area contributed by atoms with Crippen LogP contribution < -0.4 is 4.90 Å². The third kappa shape index (κ3) is 3.45. The molecule has 0 amide bonds. The van der Waals surface area contributed by atoms with E-state index < -0.39 is 0 Å². The second-order valence-corrected chi connectivity index (χ2v) is 5.48. The summed E-state index contributed by atoms with van der Waals surface area (Å²) in [5.74, 6) is 1.90. The highest BCUT2D eigenvalue weighted by molar-refractivity contribution is 9.08. The molecule has 0 saturated heterocycles. The van der Waals surface area contributed by atoms with Gasteiger partial charge in [-0.15, -0.1) is 0 Å². The Morgan fingerprint density at radius 2 is 2.28 bits per heavy atom. The molecule has 4 heteroatoms. The van der Waals surface area contributed by atoms with Crippen molar-refractivity contribution in [2.45, 2.75) is 31.1 Å². The van der Waals surface area contributed by atoms with Gasteiger partial charge in [0.1, 0.15) is 5.82 Å². The Morgan fingerprint density at radius 3 is 2.78 bits per heavy atom. The first-order valence-electron chi connectivity index (χ1n) is 6.52. The normalized spacial score (nSPS) is 16.6. The topological polar surface area (TPSA) is 25.4 Å². The van der Waals surface area contributed by atoms with E-state index in [-0.39, 0.29) is 0 Å². The molecule has 1 aromatic heterocycles. The van der Waals surface area contributed by atoms with Crippen LogP contribution in [0.5, 0.6) is 0 Å². The van der Waals surface area contributed by atoms with Crippen LogP contribution in [0.2, 0.25) is 0 Å². The maximum Gasteiger partial charge on any atom is 0.128 e. The Kier molecular flexibility index (Phi) is 5.01. The summed E-state index contributed by atoms with van der Waals surface area (Å²) < 4.78 is 5.21. The first-order valence-corrected chi connectivity index (χ1v) is 7.65. The van der Waals surface area contributed by atoms with Crippen LogP contribution in [0.25, 0.3) is 0 Å². The van der Waals surface area contributed by atoms with E-state index in [1.54, 1.807) is 7.11 Å². The smallest absolute Gasteiger partial charge is 0.128 e. The van der Waals surface area contributed by atoms with Gasteiger partial charge in [-0.3, -0.25) is 0 Å². The number of pyridine rings is 1. The van der Waals surface area contributed by atoms with Crippen LogP contribution in [0.4, 0.5) is 5.82 Å². The molecule has 1 atom stereocenters. The Morgan fingerprint density at radius 1 is 1.50 bits per heavy atom. The predicted molar refractivity (Wildman–Crippen MR) is 78.3 cm³/mol. The second kappa shape index (κ2) is 6.53. The van der Waals surface area contributed by atoms with Crippen LogP contribution >= 0.6 is 15.9 Å². The maximum absolute atomic E-state index is 5.21. The number of nitrogens with zero attached hydrogens (tertiary/aromatic N) is 2. The van der Waals surface area contributed by atoms with Crippen molar-refractivity contribution in [2.75, 3.05) is 25.2 Å². The number of hydrogen-bond donors (Lipinski definition) is 0. The molecule has 18 heavy (non-hydrogen) atoms. The van der Waals surface area contributed by atoms with Gasteiger partial charge in [-0.2, -0.15) is 0 Å². The first-order chi connectivity index (χ1) is 8.76. The molecule has 1 aliphatic rings. The summed E-state index contributed by atoms with van der Waals surface area (Å²) in [5.41, 5.74) is 1.21. The molecule has 1 aliphatic carbocycles. The molecule has 0 aromatic carbocycles. The number of alkyl halides is 1.